The lowest BCUT2D eigenvalue weighted by molar-refractivity contribution is -0.118. The maximum atomic E-state index is 12.4. The van der Waals surface area contributed by atoms with Gasteiger partial charge in [-0.15, -0.1) is 0 Å². The van der Waals surface area contributed by atoms with Crippen LogP contribution in [-0.4, -0.2) is 32.5 Å². The van der Waals surface area contributed by atoms with Crippen LogP contribution in [0.15, 0.2) is 72.8 Å². The zero-order valence-corrected chi connectivity index (χ0v) is 18.4. The fourth-order valence-electron chi connectivity index (χ4n) is 2.85. The molecule has 0 aliphatic carbocycles. The number of halogens is 1. The number of allylic oxidation sites excluding steroid dienone is 1. The number of rotatable bonds is 9. The maximum Gasteiger partial charge on any atom is 0.262 e. The number of ether oxygens (including phenoxy) is 3. The molecule has 0 bridgehead atoms. The topological polar surface area (TPSA) is 73.9 Å². The summed E-state index contributed by atoms with van der Waals surface area (Å²) in [4.78, 5) is 24.5. The van der Waals surface area contributed by atoms with E-state index in [2.05, 4.69) is 5.32 Å². The first-order valence-electron chi connectivity index (χ1n) is 9.72. The first kappa shape index (κ1) is 22.9. The van der Waals surface area contributed by atoms with Crippen molar-refractivity contribution in [2.45, 2.75) is 0 Å². The zero-order valence-electron chi connectivity index (χ0n) is 17.6. The number of hydrogen-bond acceptors (Lipinski definition) is 5. The van der Waals surface area contributed by atoms with E-state index in [0.717, 1.165) is 5.56 Å². The van der Waals surface area contributed by atoms with Crippen LogP contribution in [0, 0.1) is 0 Å². The van der Waals surface area contributed by atoms with Gasteiger partial charge < -0.3 is 19.5 Å². The summed E-state index contributed by atoms with van der Waals surface area (Å²) in [5.74, 6) is 1.05. The van der Waals surface area contributed by atoms with Crippen molar-refractivity contribution >= 4 is 35.1 Å². The van der Waals surface area contributed by atoms with Crippen LogP contribution in [-0.2, 0) is 4.79 Å². The van der Waals surface area contributed by atoms with Gasteiger partial charge in [0.05, 0.1) is 14.2 Å². The van der Waals surface area contributed by atoms with Crippen molar-refractivity contribution in [3.05, 3.63) is 89.0 Å². The van der Waals surface area contributed by atoms with Gasteiger partial charge in [0.2, 0.25) is 0 Å². The molecule has 0 heterocycles. The third-order valence-electron chi connectivity index (χ3n) is 4.50. The molecule has 0 radical (unpaired) electrons. The largest absolute Gasteiger partial charge is 0.493 e. The standard InChI is InChI=1S/C25H22ClNO5/c1-30-23-14-10-19(15-24(23)31-2)27-25(29)16-32-20-11-7-18(8-12-20)22(28)13-9-17-5-3-4-6-21(17)26/h3-15H,16H2,1-2H3,(H,27,29)/b13-9+. The summed E-state index contributed by atoms with van der Waals surface area (Å²) in [7, 11) is 3.06. The Balaban J connectivity index is 1.54. The van der Waals surface area contributed by atoms with Crippen LogP contribution in [0.4, 0.5) is 5.69 Å². The molecule has 3 aromatic rings. The van der Waals surface area contributed by atoms with Gasteiger partial charge in [-0.05, 0) is 60.2 Å². The second-order valence-corrected chi connectivity index (χ2v) is 7.06. The van der Waals surface area contributed by atoms with Crippen LogP contribution in [0.5, 0.6) is 17.2 Å². The van der Waals surface area contributed by atoms with Gasteiger partial charge in [-0.3, -0.25) is 9.59 Å². The third-order valence-corrected chi connectivity index (χ3v) is 4.84. The van der Waals surface area contributed by atoms with E-state index < -0.39 is 0 Å². The molecule has 0 spiro atoms. The lowest BCUT2D eigenvalue weighted by Crippen LogP contribution is -2.20. The van der Waals surface area contributed by atoms with Crippen LogP contribution in [0.25, 0.3) is 6.08 Å². The summed E-state index contributed by atoms with van der Waals surface area (Å²) >= 11 is 6.09. The molecule has 0 aromatic heterocycles. The van der Waals surface area contributed by atoms with E-state index in [9.17, 15) is 9.59 Å². The fourth-order valence-corrected chi connectivity index (χ4v) is 3.05. The van der Waals surface area contributed by atoms with Crippen molar-refractivity contribution in [2.75, 3.05) is 26.1 Å². The van der Waals surface area contributed by atoms with E-state index in [1.807, 2.05) is 18.2 Å². The molecule has 0 atom stereocenters. The molecule has 0 aliphatic heterocycles. The minimum Gasteiger partial charge on any atom is -0.493 e. The van der Waals surface area contributed by atoms with E-state index in [1.165, 1.54) is 20.3 Å². The van der Waals surface area contributed by atoms with Crippen molar-refractivity contribution in [1.82, 2.24) is 0 Å². The van der Waals surface area contributed by atoms with E-state index >= 15 is 0 Å². The predicted molar refractivity (Wildman–Crippen MR) is 125 cm³/mol. The van der Waals surface area contributed by atoms with Crippen molar-refractivity contribution in [1.29, 1.82) is 0 Å². The van der Waals surface area contributed by atoms with Gasteiger partial charge in [-0.25, -0.2) is 0 Å². The predicted octanol–water partition coefficient (Wildman–Crippen LogP) is 5.27. The second-order valence-electron chi connectivity index (χ2n) is 6.65. The Morgan fingerprint density at radius 2 is 1.66 bits per heavy atom. The minimum absolute atomic E-state index is 0.164. The number of anilines is 1. The van der Waals surface area contributed by atoms with E-state index in [4.69, 9.17) is 25.8 Å². The third kappa shape index (κ3) is 6.12. The molecule has 1 N–H and O–H groups in total. The van der Waals surface area contributed by atoms with Gasteiger partial charge in [0.15, 0.2) is 23.9 Å². The van der Waals surface area contributed by atoms with Crippen molar-refractivity contribution in [3.8, 4) is 17.2 Å². The van der Waals surface area contributed by atoms with Gasteiger partial charge in [0.25, 0.3) is 5.91 Å². The Labute approximate surface area is 191 Å². The maximum absolute atomic E-state index is 12.4. The molecule has 3 aromatic carbocycles. The smallest absolute Gasteiger partial charge is 0.262 e. The molecule has 3 rings (SSSR count). The van der Waals surface area contributed by atoms with Crippen molar-refractivity contribution in [2.24, 2.45) is 0 Å². The Hall–Kier alpha value is -3.77. The van der Waals surface area contributed by atoms with Gasteiger partial charge >= 0.3 is 0 Å². The molecule has 0 fully saturated rings. The molecule has 32 heavy (non-hydrogen) atoms. The number of hydrogen-bond donors (Lipinski definition) is 1. The average Bonchev–Trinajstić information content (AvgIpc) is 2.82. The number of nitrogens with one attached hydrogen (secondary N) is 1. The number of methoxy groups -OCH3 is 2. The Kier molecular flexibility index (Phi) is 7.89. The highest BCUT2D eigenvalue weighted by Crippen LogP contribution is 2.29. The van der Waals surface area contributed by atoms with E-state index in [1.54, 1.807) is 54.6 Å². The first-order chi connectivity index (χ1) is 15.5. The fraction of sp³-hybridized carbons (Fsp3) is 0.120. The average molecular weight is 452 g/mol. The van der Waals surface area contributed by atoms with Gasteiger partial charge in [0.1, 0.15) is 5.75 Å². The number of ketones is 1. The Morgan fingerprint density at radius 1 is 0.938 bits per heavy atom. The number of benzene rings is 3. The van der Waals surface area contributed by atoms with Crippen LogP contribution in [0.2, 0.25) is 5.02 Å². The monoisotopic (exact) mass is 451 g/mol. The molecule has 0 saturated heterocycles. The van der Waals surface area contributed by atoms with E-state index in [0.29, 0.717) is 33.5 Å². The van der Waals surface area contributed by atoms with Crippen LogP contribution >= 0.6 is 11.6 Å². The molecule has 6 nitrogen and oxygen atoms in total. The summed E-state index contributed by atoms with van der Waals surface area (Å²) in [6.07, 6.45) is 3.14. The highest BCUT2D eigenvalue weighted by atomic mass is 35.5. The molecule has 0 saturated carbocycles. The number of amides is 1. The van der Waals surface area contributed by atoms with Gasteiger partial charge in [0, 0.05) is 22.3 Å². The van der Waals surface area contributed by atoms with Crippen molar-refractivity contribution < 1.29 is 23.8 Å². The number of carbonyl (C=O) groups excluding carboxylic acids is 2. The first-order valence-corrected chi connectivity index (χ1v) is 10.1. The molecule has 0 unspecified atom stereocenters. The minimum atomic E-state index is -0.333. The van der Waals surface area contributed by atoms with Crippen LogP contribution in [0.1, 0.15) is 15.9 Å². The molecule has 1 amide bonds. The number of carbonyl (C=O) groups is 2. The zero-order chi connectivity index (χ0) is 22.9. The SMILES string of the molecule is COc1ccc(NC(=O)COc2ccc(C(=O)/C=C/c3ccccc3Cl)cc2)cc1OC. The highest BCUT2D eigenvalue weighted by Gasteiger charge is 2.09. The summed E-state index contributed by atoms with van der Waals surface area (Å²) in [5, 5.41) is 3.31. The normalized spacial score (nSPS) is 10.6. The van der Waals surface area contributed by atoms with Crippen LogP contribution < -0.4 is 19.5 Å². The lowest BCUT2D eigenvalue weighted by Gasteiger charge is -2.11. The Morgan fingerprint density at radius 3 is 2.34 bits per heavy atom. The summed E-state index contributed by atoms with van der Waals surface area (Å²) < 4.78 is 15.9. The van der Waals surface area contributed by atoms with Gasteiger partial charge in [-0.2, -0.15) is 0 Å². The molecular formula is C25H22ClNO5. The summed E-state index contributed by atoms with van der Waals surface area (Å²) in [6.45, 7) is -0.186. The Bertz CT molecular complexity index is 1130. The van der Waals surface area contributed by atoms with Crippen molar-refractivity contribution in [3.63, 3.8) is 0 Å². The lowest BCUT2D eigenvalue weighted by atomic mass is 10.1. The second kappa shape index (κ2) is 11.0. The highest BCUT2D eigenvalue weighted by molar-refractivity contribution is 6.32. The molecule has 0 aliphatic rings. The van der Waals surface area contributed by atoms with Crippen LogP contribution in [0.3, 0.4) is 0 Å². The quantitative estimate of drug-likeness (QED) is 0.354. The molecule has 7 heteroatoms. The van der Waals surface area contributed by atoms with E-state index in [-0.39, 0.29) is 18.3 Å². The summed E-state index contributed by atoms with van der Waals surface area (Å²) in [6, 6.07) is 18.9. The molecule has 164 valence electrons. The molecular weight excluding hydrogens is 430 g/mol. The summed E-state index contributed by atoms with van der Waals surface area (Å²) in [5.41, 5.74) is 1.82. The van der Waals surface area contributed by atoms with Gasteiger partial charge in [-0.1, -0.05) is 29.8 Å².